The molecule has 1 amide bonds. The second-order valence-corrected chi connectivity index (χ2v) is 2.25. The van der Waals surface area contributed by atoms with Crippen LogP contribution < -0.4 is 5.32 Å². The summed E-state index contributed by atoms with van der Waals surface area (Å²) in [5.74, 6) is 0. The fourth-order valence-electron chi connectivity index (χ4n) is 0.707. The molecule has 0 aromatic heterocycles. The Balaban J connectivity index is 0. The maximum Gasteiger partial charge on any atom is 0.407 e. The van der Waals surface area contributed by atoms with Gasteiger partial charge in [-0.15, -0.1) is 0 Å². The third kappa shape index (κ3) is 9.27. The van der Waals surface area contributed by atoms with Crippen molar-refractivity contribution in [1.29, 1.82) is 0 Å². The molecule has 0 aromatic rings. The molecule has 1 atom stereocenters. The van der Waals surface area contributed by atoms with E-state index in [2.05, 4.69) is 12.2 Å². The van der Waals surface area contributed by atoms with E-state index in [9.17, 15) is 4.79 Å². The number of alkyl carbamates (subject to hydrolysis) is 1. The first-order chi connectivity index (χ1) is 5.70. The summed E-state index contributed by atoms with van der Waals surface area (Å²) in [5.41, 5.74) is 0. The lowest BCUT2D eigenvalue weighted by Crippen LogP contribution is -2.24. The van der Waals surface area contributed by atoms with Crippen LogP contribution in [0.2, 0.25) is 0 Å². The second kappa shape index (κ2) is 10.3. The predicted octanol–water partition coefficient (Wildman–Crippen LogP) is 2.56. The minimum atomic E-state index is -0.346. The molecule has 0 spiro atoms. The van der Waals surface area contributed by atoms with Crippen molar-refractivity contribution in [2.75, 3.05) is 7.05 Å². The summed E-state index contributed by atoms with van der Waals surface area (Å²) in [7, 11) is 1.56. The quantitative estimate of drug-likeness (QED) is 0.716. The summed E-state index contributed by atoms with van der Waals surface area (Å²) >= 11 is 0. The molecule has 0 saturated carbocycles. The zero-order valence-corrected chi connectivity index (χ0v) is 8.81. The first kappa shape index (κ1) is 13.8. The number of nitrogens with one attached hydrogen (secondary N) is 1. The van der Waals surface area contributed by atoms with E-state index in [4.69, 9.17) is 4.74 Å². The molecule has 1 N–H and O–H groups in total. The van der Waals surface area contributed by atoms with Crippen molar-refractivity contribution in [2.45, 2.75) is 46.6 Å². The molecule has 1 unspecified atom stereocenters. The van der Waals surface area contributed by atoms with Gasteiger partial charge in [-0.3, -0.25) is 0 Å². The van der Waals surface area contributed by atoms with Crippen LogP contribution in [0.5, 0.6) is 0 Å². The Bertz CT molecular complexity index is 105. The molecule has 0 radical (unpaired) electrons. The minimum Gasteiger partial charge on any atom is -0.447 e. The maximum atomic E-state index is 10.6. The van der Waals surface area contributed by atoms with E-state index in [1.54, 1.807) is 7.05 Å². The van der Waals surface area contributed by atoms with Gasteiger partial charge in [0.05, 0.1) is 0 Å². The lowest BCUT2D eigenvalue weighted by molar-refractivity contribution is 0.104. The molecule has 0 aromatic carbocycles. The van der Waals surface area contributed by atoms with Crippen LogP contribution in [0, 0.1) is 0 Å². The van der Waals surface area contributed by atoms with Crippen LogP contribution in [-0.2, 0) is 4.74 Å². The lowest BCUT2D eigenvalue weighted by Gasteiger charge is -2.10. The molecule has 12 heavy (non-hydrogen) atoms. The minimum absolute atomic E-state index is 0.0324. The van der Waals surface area contributed by atoms with Crippen molar-refractivity contribution in [1.82, 2.24) is 5.32 Å². The zero-order valence-electron chi connectivity index (χ0n) is 8.81. The monoisotopic (exact) mass is 175 g/mol. The molecule has 74 valence electrons. The highest BCUT2D eigenvalue weighted by molar-refractivity contribution is 5.66. The Kier molecular flexibility index (Phi) is 11.8. The van der Waals surface area contributed by atoms with Crippen LogP contribution in [0.3, 0.4) is 0 Å². The Morgan fingerprint density at radius 1 is 1.50 bits per heavy atom. The lowest BCUT2D eigenvalue weighted by atomic mass is 10.2. The van der Waals surface area contributed by atoms with Crippen molar-refractivity contribution in [2.24, 2.45) is 0 Å². The molecular weight excluding hydrogens is 154 g/mol. The topological polar surface area (TPSA) is 38.3 Å². The molecule has 0 heterocycles. The molecule has 0 saturated heterocycles. The molecule has 0 rings (SSSR count). The molecule has 0 aliphatic heterocycles. The van der Waals surface area contributed by atoms with Crippen molar-refractivity contribution in [3.05, 3.63) is 0 Å². The van der Waals surface area contributed by atoms with E-state index in [1.807, 2.05) is 20.8 Å². The smallest absolute Gasteiger partial charge is 0.407 e. The van der Waals surface area contributed by atoms with Gasteiger partial charge in [-0.25, -0.2) is 4.79 Å². The summed E-state index contributed by atoms with van der Waals surface area (Å²) in [6.45, 7) is 7.95. The zero-order chi connectivity index (χ0) is 9.98. The second-order valence-electron chi connectivity index (χ2n) is 2.25. The van der Waals surface area contributed by atoms with Crippen molar-refractivity contribution in [3.8, 4) is 0 Å². The molecular formula is C9H21NO2. The van der Waals surface area contributed by atoms with Crippen molar-refractivity contribution < 1.29 is 9.53 Å². The summed E-state index contributed by atoms with van der Waals surface area (Å²) < 4.78 is 4.89. The SMILES string of the molecule is CC.CCCC(C)OC(=O)NC. The highest BCUT2D eigenvalue weighted by atomic mass is 16.6. The van der Waals surface area contributed by atoms with Gasteiger partial charge in [-0.2, -0.15) is 0 Å². The third-order valence-corrected chi connectivity index (χ3v) is 1.21. The first-order valence-electron chi connectivity index (χ1n) is 4.59. The van der Waals surface area contributed by atoms with Gasteiger partial charge < -0.3 is 10.1 Å². The average Bonchev–Trinajstić information content (AvgIpc) is 2.08. The van der Waals surface area contributed by atoms with Crippen LogP contribution in [0.15, 0.2) is 0 Å². The van der Waals surface area contributed by atoms with E-state index < -0.39 is 0 Å². The molecule has 0 fully saturated rings. The van der Waals surface area contributed by atoms with Crippen molar-refractivity contribution >= 4 is 6.09 Å². The van der Waals surface area contributed by atoms with Gasteiger partial charge >= 0.3 is 6.09 Å². The maximum absolute atomic E-state index is 10.6. The van der Waals surface area contributed by atoms with E-state index in [0.29, 0.717) is 0 Å². The number of amides is 1. The van der Waals surface area contributed by atoms with Gasteiger partial charge in [-0.05, 0) is 13.3 Å². The van der Waals surface area contributed by atoms with Gasteiger partial charge in [0.1, 0.15) is 6.10 Å². The average molecular weight is 175 g/mol. The summed E-state index contributed by atoms with van der Waals surface area (Å²) in [6.07, 6.45) is 1.65. The van der Waals surface area contributed by atoms with Gasteiger partial charge in [0, 0.05) is 7.05 Å². The van der Waals surface area contributed by atoms with Gasteiger partial charge in [-0.1, -0.05) is 27.2 Å². The van der Waals surface area contributed by atoms with Crippen LogP contribution >= 0.6 is 0 Å². The first-order valence-corrected chi connectivity index (χ1v) is 4.59. The van der Waals surface area contributed by atoms with E-state index in [1.165, 1.54) is 0 Å². The summed E-state index contributed by atoms with van der Waals surface area (Å²) in [5, 5.41) is 2.39. The Morgan fingerprint density at radius 3 is 2.33 bits per heavy atom. The Hall–Kier alpha value is -0.730. The number of hydrogen-bond acceptors (Lipinski definition) is 2. The van der Waals surface area contributed by atoms with Gasteiger partial charge in [0.25, 0.3) is 0 Å². The number of ether oxygens (including phenoxy) is 1. The Morgan fingerprint density at radius 2 is 2.00 bits per heavy atom. The number of carbonyl (C=O) groups excluding carboxylic acids is 1. The molecule has 0 bridgehead atoms. The van der Waals surface area contributed by atoms with Crippen LogP contribution in [0.4, 0.5) is 4.79 Å². The van der Waals surface area contributed by atoms with Gasteiger partial charge in [0.15, 0.2) is 0 Å². The van der Waals surface area contributed by atoms with E-state index in [0.717, 1.165) is 12.8 Å². The summed E-state index contributed by atoms with van der Waals surface area (Å²) in [4.78, 5) is 10.6. The van der Waals surface area contributed by atoms with Crippen LogP contribution in [0.1, 0.15) is 40.5 Å². The van der Waals surface area contributed by atoms with Crippen LogP contribution in [0.25, 0.3) is 0 Å². The van der Waals surface area contributed by atoms with E-state index >= 15 is 0 Å². The third-order valence-electron chi connectivity index (χ3n) is 1.21. The molecule has 0 aliphatic carbocycles. The Labute approximate surface area is 75.5 Å². The number of rotatable bonds is 3. The standard InChI is InChI=1S/C7H15NO2.C2H6/c1-4-5-6(2)10-7(9)8-3;1-2/h6H,4-5H2,1-3H3,(H,8,9);1-2H3. The predicted molar refractivity (Wildman–Crippen MR) is 51.3 cm³/mol. The fraction of sp³-hybridized carbons (Fsp3) is 0.889. The molecule has 3 nitrogen and oxygen atoms in total. The largest absolute Gasteiger partial charge is 0.447 e. The van der Waals surface area contributed by atoms with Crippen LogP contribution in [-0.4, -0.2) is 19.2 Å². The number of carbonyl (C=O) groups is 1. The van der Waals surface area contributed by atoms with Crippen molar-refractivity contribution in [3.63, 3.8) is 0 Å². The molecule has 3 heteroatoms. The normalized spacial score (nSPS) is 10.8. The summed E-state index contributed by atoms with van der Waals surface area (Å²) in [6, 6.07) is 0. The fourth-order valence-corrected chi connectivity index (χ4v) is 0.707. The van der Waals surface area contributed by atoms with Gasteiger partial charge in [0.2, 0.25) is 0 Å². The molecule has 0 aliphatic rings. The van der Waals surface area contributed by atoms with E-state index in [-0.39, 0.29) is 12.2 Å². The highest BCUT2D eigenvalue weighted by Gasteiger charge is 2.04. The highest BCUT2D eigenvalue weighted by Crippen LogP contribution is 1.99. The number of hydrogen-bond donors (Lipinski definition) is 1.